The molecular formula is C13H15N3O4S2. The van der Waals surface area contributed by atoms with Crippen molar-refractivity contribution in [2.45, 2.75) is 25.2 Å². The number of rotatable bonds is 5. The maximum absolute atomic E-state index is 12.4. The molecule has 0 bridgehead atoms. The number of thiophene rings is 1. The lowest BCUT2D eigenvalue weighted by atomic mass is 10.3. The highest BCUT2D eigenvalue weighted by Gasteiger charge is 2.25. The van der Waals surface area contributed by atoms with Gasteiger partial charge in [0.2, 0.25) is 0 Å². The second-order valence-corrected chi connectivity index (χ2v) is 6.92. The molecule has 2 rings (SSSR count). The Morgan fingerprint density at radius 2 is 2.14 bits per heavy atom. The standard InChI is InChI=1S/C13H15N3O4S2/c1-4-9-7-11(15-8(2)14-9)16-22(18,19)10-5-6-21-12(10)13(17)20-3/h5-7H,4H2,1-3H3,(H,14,15,16). The summed E-state index contributed by atoms with van der Waals surface area (Å²) >= 11 is 1.00. The molecule has 22 heavy (non-hydrogen) atoms. The van der Waals surface area contributed by atoms with Crippen LogP contribution in [0.25, 0.3) is 0 Å². The van der Waals surface area contributed by atoms with E-state index in [9.17, 15) is 13.2 Å². The molecule has 0 spiro atoms. The van der Waals surface area contributed by atoms with Gasteiger partial charge in [-0.3, -0.25) is 4.72 Å². The van der Waals surface area contributed by atoms with Gasteiger partial charge in [-0.15, -0.1) is 11.3 Å². The Morgan fingerprint density at radius 3 is 2.77 bits per heavy atom. The zero-order chi connectivity index (χ0) is 16.3. The second-order valence-electron chi connectivity index (χ2n) is 4.36. The molecule has 0 saturated heterocycles. The Kier molecular flexibility index (Phi) is 4.77. The number of nitrogens with zero attached hydrogens (tertiary/aromatic N) is 2. The fourth-order valence-corrected chi connectivity index (χ4v) is 4.13. The van der Waals surface area contributed by atoms with Gasteiger partial charge >= 0.3 is 5.97 Å². The van der Waals surface area contributed by atoms with Crippen molar-refractivity contribution in [3.63, 3.8) is 0 Å². The third-order valence-corrected chi connectivity index (χ3v) is 5.20. The van der Waals surface area contributed by atoms with Crippen molar-refractivity contribution in [1.82, 2.24) is 9.97 Å². The molecule has 0 aliphatic heterocycles. The molecule has 0 saturated carbocycles. The minimum atomic E-state index is -3.93. The van der Waals surface area contributed by atoms with Gasteiger partial charge in [0.25, 0.3) is 10.0 Å². The molecule has 1 N–H and O–H groups in total. The van der Waals surface area contributed by atoms with E-state index < -0.39 is 16.0 Å². The average molecular weight is 341 g/mol. The van der Waals surface area contributed by atoms with Gasteiger partial charge in [0.1, 0.15) is 21.4 Å². The van der Waals surface area contributed by atoms with Crippen LogP contribution in [0, 0.1) is 6.92 Å². The lowest BCUT2D eigenvalue weighted by molar-refractivity contribution is 0.0602. The number of anilines is 1. The minimum absolute atomic E-state index is 0.0245. The number of hydrogen-bond acceptors (Lipinski definition) is 7. The third-order valence-electron chi connectivity index (χ3n) is 2.78. The number of ether oxygens (including phenoxy) is 1. The van der Waals surface area contributed by atoms with Crippen LogP contribution in [0.2, 0.25) is 0 Å². The Labute approximate surface area is 132 Å². The summed E-state index contributed by atoms with van der Waals surface area (Å²) in [4.78, 5) is 19.8. The number of carbonyl (C=O) groups is 1. The highest BCUT2D eigenvalue weighted by Crippen LogP contribution is 2.24. The number of esters is 1. The highest BCUT2D eigenvalue weighted by molar-refractivity contribution is 7.93. The lowest BCUT2D eigenvalue weighted by Crippen LogP contribution is -2.17. The first-order valence-electron chi connectivity index (χ1n) is 6.40. The molecule has 9 heteroatoms. The second kappa shape index (κ2) is 6.41. The molecule has 0 aromatic carbocycles. The number of methoxy groups -OCH3 is 1. The summed E-state index contributed by atoms with van der Waals surface area (Å²) in [5.41, 5.74) is 0.726. The van der Waals surface area contributed by atoms with Crippen molar-refractivity contribution < 1.29 is 17.9 Å². The SMILES string of the molecule is CCc1cc(NS(=O)(=O)c2ccsc2C(=O)OC)nc(C)n1. The van der Waals surface area contributed by atoms with Crippen molar-refractivity contribution in [2.24, 2.45) is 0 Å². The number of aryl methyl sites for hydroxylation is 2. The predicted octanol–water partition coefficient (Wildman–Crippen LogP) is 2.00. The molecule has 2 aromatic heterocycles. The van der Waals surface area contributed by atoms with Crippen LogP contribution in [0.15, 0.2) is 22.4 Å². The third kappa shape index (κ3) is 3.42. The maximum atomic E-state index is 12.4. The van der Waals surface area contributed by atoms with Crippen molar-refractivity contribution in [3.8, 4) is 0 Å². The molecule has 0 aliphatic rings. The van der Waals surface area contributed by atoms with Crippen LogP contribution < -0.4 is 4.72 Å². The van der Waals surface area contributed by atoms with Crippen molar-refractivity contribution in [1.29, 1.82) is 0 Å². The molecule has 0 atom stereocenters. The van der Waals surface area contributed by atoms with Gasteiger partial charge in [-0.2, -0.15) is 0 Å². The minimum Gasteiger partial charge on any atom is -0.465 e. The number of nitrogens with one attached hydrogen (secondary N) is 1. The van der Waals surface area contributed by atoms with E-state index >= 15 is 0 Å². The normalized spacial score (nSPS) is 11.2. The molecule has 0 aliphatic carbocycles. The van der Waals surface area contributed by atoms with Gasteiger partial charge in [0, 0.05) is 11.8 Å². The Morgan fingerprint density at radius 1 is 1.41 bits per heavy atom. The first kappa shape index (κ1) is 16.4. The van der Waals surface area contributed by atoms with Gasteiger partial charge < -0.3 is 4.74 Å². The smallest absolute Gasteiger partial charge is 0.349 e. The van der Waals surface area contributed by atoms with E-state index in [0.29, 0.717) is 12.2 Å². The number of hydrogen-bond donors (Lipinski definition) is 1. The Balaban J connectivity index is 2.38. The van der Waals surface area contributed by atoms with Crippen LogP contribution in [0.1, 0.15) is 28.1 Å². The fourth-order valence-electron chi connectivity index (χ4n) is 1.81. The van der Waals surface area contributed by atoms with Crippen LogP contribution in [0.3, 0.4) is 0 Å². The number of sulfonamides is 1. The first-order valence-corrected chi connectivity index (χ1v) is 8.77. The predicted molar refractivity (Wildman–Crippen MR) is 82.6 cm³/mol. The van der Waals surface area contributed by atoms with Gasteiger partial charge in [0.15, 0.2) is 0 Å². The zero-order valence-electron chi connectivity index (χ0n) is 12.3. The quantitative estimate of drug-likeness (QED) is 0.835. The Bertz CT molecular complexity index is 799. The van der Waals surface area contributed by atoms with Crippen molar-refractivity contribution >= 4 is 33.1 Å². The van der Waals surface area contributed by atoms with E-state index in [2.05, 4.69) is 19.4 Å². The van der Waals surface area contributed by atoms with Gasteiger partial charge in [0.05, 0.1) is 7.11 Å². The van der Waals surface area contributed by atoms with Gasteiger partial charge in [-0.1, -0.05) is 6.92 Å². The molecule has 0 radical (unpaired) electrons. The van der Waals surface area contributed by atoms with E-state index in [1.165, 1.54) is 18.6 Å². The van der Waals surface area contributed by atoms with Gasteiger partial charge in [-0.25, -0.2) is 23.2 Å². The maximum Gasteiger partial charge on any atom is 0.349 e. The molecular weight excluding hydrogens is 326 g/mol. The summed E-state index contributed by atoms with van der Waals surface area (Å²) in [6, 6.07) is 2.92. The number of aromatic nitrogens is 2. The van der Waals surface area contributed by atoms with E-state index in [1.807, 2.05) is 6.92 Å². The van der Waals surface area contributed by atoms with Crippen LogP contribution >= 0.6 is 11.3 Å². The number of carbonyl (C=O) groups excluding carboxylic acids is 1. The first-order chi connectivity index (χ1) is 10.4. The molecule has 0 fully saturated rings. The van der Waals surface area contributed by atoms with E-state index in [1.54, 1.807) is 13.0 Å². The molecule has 0 amide bonds. The summed E-state index contributed by atoms with van der Waals surface area (Å²) in [6.07, 6.45) is 0.657. The Hall–Kier alpha value is -2.00. The van der Waals surface area contributed by atoms with Crippen LogP contribution in [0.5, 0.6) is 0 Å². The summed E-state index contributed by atoms with van der Waals surface area (Å²) in [5.74, 6) is -0.0505. The van der Waals surface area contributed by atoms with E-state index in [4.69, 9.17) is 0 Å². The van der Waals surface area contributed by atoms with Crippen LogP contribution in [0.4, 0.5) is 5.82 Å². The summed E-state index contributed by atoms with van der Waals surface area (Å²) in [7, 11) is -2.73. The topological polar surface area (TPSA) is 98.2 Å². The van der Waals surface area contributed by atoms with E-state index in [-0.39, 0.29) is 15.6 Å². The molecule has 2 aromatic rings. The summed E-state index contributed by atoms with van der Waals surface area (Å²) < 4.78 is 31.8. The monoisotopic (exact) mass is 341 g/mol. The lowest BCUT2D eigenvalue weighted by Gasteiger charge is -2.09. The van der Waals surface area contributed by atoms with Gasteiger partial charge in [-0.05, 0) is 24.8 Å². The zero-order valence-corrected chi connectivity index (χ0v) is 13.9. The summed E-state index contributed by atoms with van der Waals surface area (Å²) in [6.45, 7) is 3.59. The highest BCUT2D eigenvalue weighted by atomic mass is 32.2. The molecule has 2 heterocycles. The van der Waals surface area contributed by atoms with Crippen molar-refractivity contribution in [2.75, 3.05) is 11.8 Å². The molecule has 118 valence electrons. The van der Waals surface area contributed by atoms with Crippen LogP contribution in [-0.4, -0.2) is 31.5 Å². The van der Waals surface area contributed by atoms with E-state index in [0.717, 1.165) is 17.0 Å². The molecule has 7 nitrogen and oxygen atoms in total. The molecule has 0 unspecified atom stereocenters. The average Bonchev–Trinajstić information content (AvgIpc) is 2.95. The largest absolute Gasteiger partial charge is 0.465 e. The van der Waals surface area contributed by atoms with Crippen LogP contribution in [-0.2, 0) is 21.2 Å². The fraction of sp³-hybridized carbons (Fsp3) is 0.308. The summed E-state index contributed by atoms with van der Waals surface area (Å²) in [5, 5.41) is 1.52. The van der Waals surface area contributed by atoms with Crippen molar-refractivity contribution in [3.05, 3.63) is 33.9 Å².